The van der Waals surface area contributed by atoms with E-state index in [0.717, 1.165) is 0 Å². The molecule has 4 heteroatoms. The van der Waals surface area contributed by atoms with Crippen LogP contribution in [0.3, 0.4) is 0 Å². The van der Waals surface area contributed by atoms with Crippen molar-refractivity contribution in [2.24, 2.45) is 0 Å². The molecule has 1 aromatic heterocycles. The molecule has 0 unspecified atom stereocenters. The Labute approximate surface area is 69.0 Å². The third-order valence-electron chi connectivity index (χ3n) is 1.17. The summed E-state index contributed by atoms with van der Waals surface area (Å²) in [4.78, 5) is 14.5. The van der Waals surface area contributed by atoms with Gasteiger partial charge in [0, 0.05) is 24.5 Å². The van der Waals surface area contributed by atoms with Gasteiger partial charge in [-0.1, -0.05) is 17.7 Å². The fraction of sp³-hybridized carbons (Fsp3) is 0.143. The van der Waals surface area contributed by atoms with E-state index in [0.29, 0.717) is 6.54 Å². The molecular weight excluding hydrogens is 164 g/mol. The van der Waals surface area contributed by atoms with Crippen molar-refractivity contribution in [3.05, 3.63) is 40.6 Å². The van der Waals surface area contributed by atoms with Crippen LogP contribution in [0.5, 0.6) is 0 Å². The Bertz CT molecular complexity index is 305. The summed E-state index contributed by atoms with van der Waals surface area (Å²) in [5.74, 6) is 0. The van der Waals surface area contributed by atoms with Crippen LogP contribution in [0.1, 0.15) is 0 Å². The standard InChI is InChI=1S/C7H7ClN2O/c8-3-1-5-10-6-2-4-9-7(10)11/h1-4,6H,5H2/b3-1+. The molecule has 11 heavy (non-hydrogen) atoms. The van der Waals surface area contributed by atoms with E-state index < -0.39 is 0 Å². The van der Waals surface area contributed by atoms with Crippen molar-refractivity contribution in [1.29, 1.82) is 0 Å². The highest BCUT2D eigenvalue weighted by atomic mass is 35.5. The van der Waals surface area contributed by atoms with Gasteiger partial charge in [0.2, 0.25) is 0 Å². The predicted octanol–water partition coefficient (Wildman–Crippen LogP) is 0.996. The van der Waals surface area contributed by atoms with Gasteiger partial charge >= 0.3 is 5.69 Å². The summed E-state index contributed by atoms with van der Waals surface area (Å²) in [5, 5.41) is 0. The zero-order valence-electron chi connectivity index (χ0n) is 5.77. The summed E-state index contributed by atoms with van der Waals surface area (Å²) in [6.45, 7) is 0.468. The Balaban J connectivity index is 2.86. The maximum atomic E-state index is 10.9. The number of rotatable bonds is 2. The number of hydrogen-bond acceptors (Lipinski definition) is 2. The van der Waals surface area contributed by atoms with E-state index >= 15 is 0 Å². The number of hydrogen-bond donors (Lipinski definition) is 0. The number of halogens is 1. The smallest absolute Gasteiger partial charge is 0.295 e. The molecule has 0 aliphatic carbocycles. The number of aromatic nitrogens is 2. The highest BCUT2D eigenvalue weighted by molar-refractivity contribution is 6.25. The fourth-order valence-corrected chi connectivity index (χ4v) is 0.759. The topological polar surface area (TPSA) is 34.9 Å². The molecule has 58 valence electrons. The van der Waals surface area contributed by atoms with Gasteiger partial charge in [-0.3, -0.25) is 4.57 Å². The summed E-state index contributed by atoms with van der Waals surface area (Å²) in [6.07, 6.45) is 4.79. The van der Waals surface area contributed by atoms with Crippen LogP contribution in [0.2, 0.25) is 0 Å². The summed E-state index contributed by atoms with van der Waals surface area (Å²) in [7, 11) is 0. The van der Waals surface area contributed by atoms with Gasteiger partial charge in [-0.15, -0.1) is 0 Å². The summed E-state index contributed by atoms with van der Waals surface area (Å²) in [6, 6.07) is 1.70. The molecule has 0 fully saturated rings. The first-order valence-electron chi connectivity index (χ1n) is 3.11. The molecule has 0 radical (unpaired) electrons. The molecule has 0 aliphatic rings. The maximum absolute atomic E-state index is 10.9. The van der Waals surface area contributed by atoms with E-state index in [1.807, 2.05) is 0 Å². The average molecular weight is 171 g/mol. The summed E-state index contributed by atoms with van der Waals surface area (Å²) in [5.41, 5.74) is 1.11. The van der Waals surface area contributed by atoms with Gasteiger partial charge in [0.05, 0.1) is 0 Å². The first kappa shape index (κ1) is 8.01. The lowest BCUT2D eigenvalue weighted by atomic mass is 10.6. The van der Waals surface area contributed by atoms with Gasteiger partial charge in [-0.05, 0) is 6.07 Å². The maximum Gasteiger partial charge on any atom is 0.347 e. The molecule has 1 aromatic rings. The predicted molar refractivity (Wildman–Crippen MR) is 43.5 cm³/mol. The monoisotopic (exact) mass is 170 g/mol. The van der Waals surface area contributed by atoms with Crippen LogP contribution in [-0.2, 0) is 6.54 Å². The average Bonchev–Trinajstić information content (AvgIpc) is 2.03. The third-order valence-corrected chi connectivity index (χ3v) is 1.35. The first-order valence-corrected chi connectivity index (χ1v) is 3.55. The molecule has 0 spiro atoms. The number of nitrogens with zero attached hydrogens (tertiary/aromatic N) is 2. The van der Waals surface area contributed by atoms with Crippen molar-refractivity contribution in [1.82, 2.24) is 9.55 Å². The number of allylic oxidation sites excluding steroid dienone is 1. The van der Waals surface area contributed by atoms with E-state index in [2.05, 4.69) is 4.98 Å². The van der Waals surface area contributed by atoms with Crippen molar-refractivity contribution in [3.8, 4) is 0 Å². The summed E-state index contributed by atoms with van der Waals surface area (Å²) >= 11 is 5.29. The lowest BCUT2D eigenvalue weighted by Crippen LogP contribution is -2.20. The van der Waals surface area contributed by atoms with Crippen LogP contribution in [0, 0.1) is 0 Å². The minimum absolute atomic E-state index is 0.262. The van der Waals surface area contributed by atoms with Crippen molar-refractivity contribution in [3.63, 3.8) is 0 Å². The van der Waals surface area contributed by atoms with Crippen LogP contribution in [-0.4, -0.2) is 9.55 Å². The van der Waals surface area contributed by atoms with Crippen molar-refractivity contribution >= 4 is 11.6 Å². The van der Waals surface area contributed by atoms with E-state index in [1.165, 1.54) is 16.3 Å². The van der Waals surface area contributed by atoms with Crippen molar-refractivity contribution < 1.29 is 0 Å². The lowest BCUT2D eigenvalue weighted by molar-refractivity contribution is 0.744. The zero-order chi connectivity index (χ0) is 8.10. The van der Waals surface area contributed by atoms with Gasteiger partial charge in [0.1, 0.15) is 0 Å². The van der Waals surface area contributed by atoms with E-state index in [-0.39, 0.29) is 5.69 Å². The molecule has 0 atom stereocenters. The minimum atomic E-state index is -0.262. The van der Waals surface area contributed by atoms with E-state index in [9.17, 15) is 4.79 Å². The SMILES string of the molecule is O=c1ncccn1C/C=C/Cl. The van der Waals surface area contributed by atoms with Crippen molar-refractivity contribution in [2.45, 2.75) is 6.54 Å². The van der Waals surface area contributed by atoms with Crippen molar-refractivity contribution in [2.75, 3.05) is 0 Å². The molecule has 0 N–H and O–H groups in total. The largest absolute Gasteiger partial charge is 0.347 e. The highest BCUT2D eigenvalue weighted by Gasteiger charge is 1.88. The van der Waals surface area contributed by atoms with Crippen LogP contribution in [0.15, 0.2) is 34.9 Å². The molecule has 3 nitrogen and oxygen atoms in total. The molecule has 0 saturated carbocycles. The zero-order valence-corrected chi connectivity index (χ0v) is 6.53. The van der Waals surface area contributed by atoms with Gasteiger partial charge < -0.3 is 0 Å². The minimum Gasteiger partial charge on any atom is -0.295 e. The molecule has 0 bridgehead atoms. The van der Waals surface area contributed by atoms with Crippen LogP contribution in [0.25, 0.3) is 0 Å². The highest BCUT2D eigenvalue weighted by Crippen LogP contribution is 1.83. The molecule has 0 aliphatic heterocycles. The molecular formula is C7H7ClN2O. The molecule has 0 aromatic carbocycles. The third kappa shape index (κ3) is 2.20. The molecule has 1 heterocycles. The second kappa shape index (κ2) is 3.93. The second-order valence-corrected chi connectivity index (χ2v) is 2.17. The van der Waals surface area contributed by atoms with E-state index in [1.54, 1.807) is 18.3 Å². The van der Waals surface area contributed by atoms with Crippen LogP contribution >= 0.6 is 11.6 Å². The second-order valence-electron chi connectivity index (χ2n) is 1.92. The normalized spacial score (nSPS) is 10.6. The van der Waals surface area contributed by atoms with Gasteiger partial charge in [-0.2, -0.15) is 0 Å². The Morgan fingerprint density at radius 2 is 2.55 bits per heavy atom. The van der Waals surface area contributed by atoms with Crippen LogP contribution < -0.4 is 5.69 Å². The molecule has 0 saturated heterocycles. The lowest BCUT2D eigenvalue weighted by Gasteiger charge is -1.96. The van der Waals surface area contributed by atoms with Gasteiger partial charge in [-0.25, -0.2) is 9.78 Å². The molecule has 1 rings (SSSR count). The molecule has 0 amide bonds. The van der Waals surface area contributed by atoms with E-state index in [4.69, 9.17) is 11.6 Å². The summed E-state index contributed by atoms with van der Waals surface area (Å²) < 4.78 is 1.46. The Morgan fingerprint density at radius 1 is 1.73 bits per heavy atom. The fourth-order valence-electron chi connectivity index (χ4n) is 0.679. The Hall–Kier alpha value is -1.09. The van der Waals surface area contributed by atoms with Gasteiger partial charge in [0.15, 0.2) is 0 Å². The Morgan fingerprint density at radius 3 is 3.18 bits per heavy atom. The quantitative estimate of drug-likeness (QED) is 0.664. The van der Waals surface area contributed by atoms with Crippen LogP contribution in [0.4, 0.5) is 0 Å². The van der Waals surface area contributed by atoms with Gasteiger partial charge in [0.25, 0.3) is 0 Å². The first-order chi connectivity index (χ1) is 5.34. The Kier molecular flexibility index (Phi) is 2.86.